The van der Waals surface area contributed by atoms with Gasteiger partial charge in [0.15, 0.2) is 0 Å². The van der Waals surface area contributed by atoms with E-state index in [1.165, 1.54) is 15.9 Å². The van der Waals surface area contributed by atoms with Gasteiger partial charge in [0.2, 0.25) is 0 Å². The van der Waals surface area contributed by atoms with Gasteiger partial charge in [-0.05, 0) is 42.5 Å². The Kier molecular flexibility index (Phi) is 4.91. The predicted molar refractivity (Wildman–Crippen MR) is 104 cm³/mol. The van der Waals surface area contributed by atoms with Crippen molar-refractivity contribution in [2.24, 2.45) is 0 Å². The summed E-state index contributed by atoms with van der Waals surface area (Å²) in [5, 5.41) is 5.11. The molecule has 2 N–H and O–H groups in total. The second kappa shape index (κ2) is 7.50. The van der Waals surface area contributed by atoms with Crippen molar-refractivity contribution >= 4 is 28.1 Å². The number of carbonyl (C=O) groups is 1. The number of hydrogen-bond acceptors (Lipinski definition) is 5. The highest BCUT2D eigenvalue weighted by Crippen LogP contribution is 2.13. The number of carbonyl (C=O) groups excluding carboxylic acids is 1. The second-order valence-electron chi connectivity index (χ2n) is 6.51. The number of aromatic amines is 1. The molecule has 0 aliphatic carbocycles. The zero-order valence-electron chi connectivity index (χ0n) is 14.6. The smallest absolute Gasteiger partial charge is 0.329 e. The Morgan fingerprint density at radius 1 is 1.33 bits per heavy atom. The third-order valence-electron chi connectivity index (χ3n) is 4.65. The fraction of sp³-hybridized carbons (Fsp3) is 0.316. The predicted octanol–water partition coefficient (Wildman–Crippen LogP) is 1.71. The van der Waals surface area contributed by atoms with Crippen LogP contribution in [0, 0.1) is 0 Å². The van der Waals surface area contributed by atoms with Crippen molar-refractivity contribution in [3.05, 3.63) is 67.0 Å². The van der Waals surface area contributed by atoms with Crippen LogP contribution < -0.4 is 16.6 Å². The molecule has 3 heterocycles. The molecule has 7 nitrogen and oxygen atoms in total. The van der Waals surface area contributed by atoms with Gasteiger partial charge >= 0.3 is 5.69 Å². The van der Waals surface area contributed by atoms with E-state index in [9.17, 15) is 14.4 Å². The van der Waals surface area contributed by atoms with E-state index in [2.05, 4.69) is 10.3 Å². The SMILES string of the molecule is O=C(NC[C@H]1CCCO1)c1ccc2c(=O)n(Cc3cccs3)c(=O)[nH]c2c1. The number of thiophene rings is 1. The van der Waals surface area contributed by atoms with Gasteiger partial charge in [-0.25, -0.2) is 4.79 Å². The van der Waals surface area contributed by atoms with Gasteiger partial charge in [-0.1, -0.05) is 6.07 Å². The quantitative estimate of drug-likeness (QED) is 0.699. The van der Waals surface area contributed by atoms with Crippen molar-refractivity contribution in [3.8, 4) is 0 Å². The van der Waals surface area contributed by atoms with Crippen LogP contribution in [-0.4, -0.2) is 34.7 Å². The highest BCUT2D eigenvalue weighted by Gasteiger charge is 2.17. The first-order valence-corrected chi connectivity index (χ1v) is 9.69. The summed E-state index contributed by atoms with van der Waals surface area (Å²) in [5.41, 5.74) is -0.102. The minimum atomic E-state index is -0.488. The van der Waals surface area contributed by atoms with Crippen LogP contribution in [0.1, 0.15) is 28.1 Å². The average Bonchev–Trinajstić information content (AvgIpc) is 3.36. The van der Waals surface area contributed by atoms with Crippen LogP contribution in [0.5, 0.6) is 0 Å². The maximum absolute atomic E-state index is 12.7. The summed E-state index contributed by atoms with van der Waals surface area (Å²) < 4.78 is 6.66. The summed E-state index contributed by atoms with van der Waals surface area (Å²) in [6.45, 7) is 1.41. The Balaban J connectivity index is 1.60. The summed E-state index contributed by atoms with van der Waals surface area (Å²) in [7, 11) is 0. The molecule has 1 atom stereocenters. The highest BCUT2D eigenvalue weighted by molar-refractivity contribution is 7.09. The third kappa shape index (κ3) is 3.72. The first-order chi connectivity index (χ1) is 13.1. The molecule has 0 unspecified atom stereocenters. The first kappa shape index (κ1) is 17.7. The summed E-state index contributed by atoms with van der Waals surface area (Å²) in [6, 6.07) is 8.48. The number of hydrogen-bond donors (Lipinski definition) is 2. The van der Waals surface area contributed by atoms with E-state index in [0.717, 1.165) is 24.3 Å². The standard InChI is InChI=1S/C19H19N3O4S/c23-17(20-10-13-3-1-7-26-13)12-5-6-15-16(9-12)21-19(25)22(18(15)24)11-14-4-2-8-27-14/h2,4-6,8-9,13H,1,3,7,10-11H2,(H,20,23)(H,21,25)/t13-/m1/s1. The van der Waals surface area contributed by atoms with E-state index >= 15 is 0 Å². The molecule has 4 rings (SSSR count). The van der Waals surface area contributed by atoms with Crippen molar-refractivity contribution < 1.29 is 9.53 Å². The fourth-order valence-electron chi connectivity index (χ4n) is 3.21. The molecular weight excluding hydrogens is 366 g/mol. The lowest BCUT2D eigenvalue weighted by molar-refractivity contribution is 0.0858. The van der Waals surface area contributed by atoms with E-state index in [0.29, 0.717) is 23.0 Å². The number of nitrogens with zero attached hydrogens (tertiary/aromatic N) is 1. The van der Waals surface area contributed by atoms with Gasteiger partial charge in [0, 0.05) is 23.6 Å². The number of benzene rings is 1. The first-order valence-electron chi connectivity index (χ1n) is 8.81. The molecule has 0 radical (unpaired) electrons. The summed E-state index contributed by atoms with van der Waals surface area (Å²) in [4.78, 5) is 41.0. The number of nitrogens with one attached hydrogen (secondary N) is 2. The lowest BCUT2D eigenvalue weighted by Crippen LogP contribution is -2.35. The van der Waals surface area contributed by atoms with Crippen molar-refractivity contribution in [1.29, 1.82) is 0 Å². The molecule has 2 aromatic heterocycles. The molecule has 1 aliphatic heterocycles. The van der Waals surface area contributed by atoms with Crippen molar-refractivity contribution in [2.45, 2.75) is 25.5 Å². The minimum Gasteiger partial charge on any atom is -0.376 e. The van der Waals surface area contributed by atoms with Crippen LogP contribution in [0.2, 0.25) is 0 Å². The van der Waals surface area contributed by atoms with Gasteiger partial charge in [0.05, 0.1) is 23.6 Å². The van der Waals surface area contributed by atoms with Gasteiger partial charge in [0.1, 0.15) is 0 Å². The van der Waals surface area contributed by atoms with Crippen LogP contribution in [0.4, 0.5) is 0 Å². The molecule has 8 heteroatoms. The number of aromatic nitrogens is 2. The van der Waals surface area contributed by atoms with E-state index in [1.807, 2.05) is 17.5 Å². The maximum Gasteiger partial charge on any atom is 0.329 e. The molecule has 1 fully saturated rings. The topological polar surface area (TPSA) is 93.2 Å². The van der Waals surface area contributed by atoms with Gasteiger partial charge in [0.25, 0.3) is 11.5 Å². The van der Waals surface area contributed by atoms with Crippen LogP contribution in [-0.2, 0) is 11.3 Å². The van der Waals surface area contributed by atoms with Crippen molar-refractivity contribution in [1.82, 2.24) is 14.9 Å². The van der Waals surface area contributed by atoms with E-state index < -0.39 is 5.69 Å². The van der Waals surface area contributed by atoms with E-state index in [1.54, 1.807) is 18.2 Å². The fourth-order valence-corrected chi connectivity index (χ4v) is 3.90. The molecule has 0 spiro atoms. The Morgan fingerprint density at radius 2 is 2.22 bits per heavy atom. The van der Waals surface area contributed by atoms with Crippen LogP contribution in [0.25, 0.3) is 10.9 Å². The van der Waals surface area contributed by atoms with Crippen LogP contribution in [0.15, 0.2) is 45.3 Å². The molecular formula is C19H19N3O4S. The number of H-pyrrole nitrogens is 1. The normalized spacial score (nSPS) is 16.7. The molecule has 1 amide bonds. The Labute approximate surface area is 158 Å². The van der Waals surface area contributed by atoms with E-state index in [4.69, 9.17) is 4.74 Å². The van der Waals surface area contributed by atoms with Crippen molar-refractivity contribution in [2.75, 3.05) is 13.2 Å². The highest BCUT2D eigenvalue weighted by atomic mass is 32.1. The number of rotatable bonds is 5. The largest absolute Gasteiger partial charge is 0.376 e. The Hall–Kier alpha value is -2.71. The summed E-state index contributed by atoms with van der Waals surface area (Å²) in [6.07, 6.45) is 2.00. The zero-order chi connectivity index (χ0) is 18.8. The van der Waals surface area contributed by atoms with Gasteiger partial charge < -0.3 is 15.0 Å². The monoisotopic (exact) mass is 385 g/mol. The molecule has 3 aromatic rings. The van der Waals surface area contributed by atoms with Gasteiger partial charge in [-0.2, -0.15) is 0 Å². The molecule has 1 aromatic carbocycles. The zero-order valence-corrected chi connectivity index (χ0v) is 15.4. The van der Waals surface area contributed by atoms with Crippen LogP contribution >= 0.6 is 11.3 Å². The molecule has 1 saturated heterocycles. The summed E-state index contributed by atoms with van der Waals surface area (Å²) >= 11 is 1.49. The molecule has 27 heavy (non-hydrogen) atoms. The lowest BCUT2D eigenvalue weighted by atomic mass is 10.1. The maximum atomic E-state index is 12.7. The summed E-state index contributed by atoms with van der Waals surface area (Å²) in [5.74, 6) is -0.254. The van der Waals surface area contributed by atoms with E-state index in [-0.39, 0.29) is 24.1 Å². The number of amides is 1. The molecule has 0 bridgehead atoms. The van der Waals surface area contributed by atoms with Gasteiger partial charge in [-0.15, -0.1) is 11.3 Å². The molecule has 140 valence electrons. The van der Waals surface area contributed by atoms with Crippen LogP contribution in [0.3, 0.4) is 0 Å². The lowest BCUT2D eigenvalue weighted by Gasteiger charge is -2.11. The average molecular weight is 385 g/mol. The number of ether oxygens (including phenoxy) is 1. The molecule has 1 aliphatic rings. The van der Waals surface area contributed by atoms with Crippen molar-refractivity contribution in [3.63, 3.8) is 0 Å². The molecule has 0 saturated carbocycles. The minimum absolute atomic E-state index is 0.0543. The third-order valence-corrected chi connectivity index (χ3v) is 5.51. The number of fused-ring (bicyclic) bond motifs is 1. The second-order valence-corrected chi connectivity index (χ2v) is 7.54. The van der Waals surface area contributed by atoms with Gasteiger partial charge in [-0.3, -0.25) is 14.2 Å². The Bertz CT molecular complexity index is 1080. The Morgan fingerprint density at radius 3 is 2.96 bits per heavy atom.